The van der Waals surface area contributed by atoms with Crippen LogP contribution in [0.4, 0.5) is 5.69 Å². The fraction of sp³-hybridized carbons (Fsp3) is 0.455. The molecule has 1 unspecified atom stereocenters. The molecule has 96 valence electrons. The molecule has 6 heteroatoms. The van der Waals surface area contributed by atoms with Crippen LogP contribution in [0.15, 0.2) is 18.2 Å². The first kappa shape index (κ1) is 15.7. The summed E-state index contributed by atoms with van der Waals surface area (Å²) < 4.78 is 0. The number of phenolic OH excluding ortho intramolecular Hbond substituents is 1. The van der Waals surface area contributed by atoms with Crippen LogP contribution in [0.5, 0.6) is 5.75 Å². The van der Waals surface area contributed by atoms with Crippen molar-refractivity contribution in [3.63, 3.8) is 0 Å². The van der Waals surface area contributed by atoms with Crippen molar-refractivity contribution < 1.29 is 10.0 Å². The van der Waals surface area contributed by atoms with Gasteiger partial charge in [0.25, 0.3) is 0 Å². The number of aromatic hydroxyl groups is 1. The summed E-state index contributed by atoms with van der Waals surface area (Å²) in [7, 11) is 0. The van der Waals surface area contributed by atoms with Gasteiger partial charge in [0.05, 0.1) is 4.92 Å². The minimum atomic E-state index is -0.609. The van der Waals surface area contributed by atoms with Gasteiger partial charge in [-0.25, -0.2) is 0 Å². The van der Waals surface area contributed by atoms with Crippen LogP contribution in [-0.4, -0.2) is 10.0 Å². The standard InChI is InChI=1S/C11H16N2O3.ClH/c1-3-7(2)11(12)8-4-5-10(14)9(6-8)13(15)16;/h4-7,11,14H,3,12H2,1-2H3;1H/t7?,11-;/m1./s1. The second kappa shape index (κ2) is 6.42. The van der Waals surface area contributed by atoms with Crippen LogP contribution in [-0.2, 0) is 0 Å². The van der Waals surface area contributed by atoms with E-state index in [1.165, 1.54) is 12.1 Å². The van der Waals surface area contributed by atoms with Gasteiger partial charge in [-0.1, -0.05) is 26.3 Å². The molecule has 3 N–H and O–H groups in total. The number of nitro groups is 1. The summed E-state index contributed by atoms with van der Waals surface area (Å²) in [5, 5.41) is 19.9. The second-order valence-corrected chi connectivity index (χ2v) is 3.92. The Morgan fingerprint density at radius 1 is 1.53 bits per heavy atom. The van der Waals surface area contributed by atoms with Gasteiger partial charge in [0.2, 0.25) is 0 Å². The maximum Gasteiger partial charge on any atom is 0.311 e. The first-order valence-corrected chi connectivity index (χ1v) is 5.20. The van der Waals surface area contributed by atoms with E-state index in [2.05, 4.69) is 0 Å². The van der Waals surface area contributed by atoms with Gasteiger partial charge in [0.1, 0.15) is 0 Å². The second-order valence-electron chi connectivity index (χ2n) is 3.92. The van der Waals surface area contributed by atoms with E-state index in [4.69, 9.17) is 5.73 Å². The summed E-state index contributed by atoms with van der Waals surface area (Å²) >= 11 is 0. The van der Waals surface area contributed by atoms with E-state index in [0.29, 0.717) is 5.56 Å². The fourth-order valence-corrected chi connectivity index (χ4v) is 1.48. The number of nitrogens with zero attached hydrogens (tertiary/aromatic N) is 1. The predicted molar refractivity (Wildman–Crippen MR) is 68.4 cm³/mol. The zero-order valence-electron chi connectivity index (χ0n) is 9.79. The van der Waals surface area contributed by atoms with Gasteiger partial charge in [-0.3, -0.25) is 10.1 Å². The zero-order valence-corrected chi connectivity index (χ0v) is 10.6. The van der Waals surface area contributed by atoms with Gasteiger partial charge in [-0.05, 0) is 17.5 Å². The maximum absolute atomic E-state index is 10.6. The summed E-state index contributed by atoms with van der Waals surface area (Å²) in [6.07, 6.45) is 0.899. The summed E-state index contributed by atoms with van der Waals surface area (Å²) in [6, 6.07) is 4.03. The van der Waals surface area contributed by atoms with Crippen LogP contribution in [0.25, 0.3) is 0 Å². The highest BCUT2D eigenvalue weighted by Crippen LogP contribution is 2.30. The van der Waals surface area contributed by atoms with Crippen LogP contribution in [0, 0.1) is 16.0 Å². The van der Waals surface area contributed by atoms with E-state index in [1.807, 2.05) is 13.8 Å². The van der Waals surface area contributed by atoms with E-state index < -0.39 is 4.92 Å². The van der Waals surface area contributed by atoms with E-state index in [1.54, 1.807) is 6.07 Å². The van der Waals surface area contributed by atoms with Gasteiger partial charge in [-0.15, -0.1) is 12.4 Å². The molecule has 0 aliphatic rings. The normalized spacial score (nSPS) is 13.6. The molecule has 1 aromatic rings. The molecule has 0 aliphatic heterocycles. The molecule has 0 aromatic heterocycles. The molecule has 0 saturated heterocycles. The summed E-state index contributed by atoms with van der Waals surface area (Å²) in [6.45, 7) is 4.00. The molecule has 17 heavy (non-hydrogen) atoms. The molecule has 2 atom stereocenters. The molecule has 0 bridgehead atoms. The molecule has 1 rings (SSSR count). The molecular formula is C11H17ClN2O3. The first-order valence-electron chi connectivity index (χ1n) is 5.20. The lowest BCUT2D eigenvalue weighted by Gasteiger charge is -2.18. The van der Waals surface area contributed by atoms with Crippen molar-refractivity contribution >= 4 is 18.1 Å². The van der Waals surface area contributed by atoms with Gasteiger partial charge < -0.3 is 10.8 Å². The Morgan fingerprint density at radius 2 is 2.12 bits per heavy atom. The molecule has 0 radical (unpaired) electrons. The van der Waals surface area contributed by atoms with Crippen molar-refractivity contribution in [2.75, 3.05) is 0 Å². The van der Waals surface area contributed by atoms with Crippen LogP contribution in [0.2, 0.25) is 0 Å². The van der Waals surface area contributed by atoms with Gasteiger partial charge in [0, 0.05) is 12.1 Å². The van der Waals surface area contributed by atoms with Crippen molar-refractivity contribution in [3.05, 3.63) is 33.9 Å². The highest BCUT2D eigenvalue weighted by Gasteiger charge is 2.19. The highest BCUT2D eigenvalue weighted by atomic mass is 35.5. The summed E-state index contributed by atoms with van der Waals surface area (Å²) in [5.74, 6) is -0.0887. The quantitative estimate of drug-likeness (QED) is 0.643. The number of nitro benzene ring substituents is 1. The summed E-state index contributed by atoms with van der Waals surface area (Å²) in [5.41, 5.74) is 6.35. The third kappa shape index (κ3) is 3.57. The van der Waals surface area contributed by atoms with Crippen LogP contribution < -0.4 is 5.73 Å². The number of benzene rings is 1. The molecule has 0 aliphatic carbocycles. The Labute approximate surface area is 106 Å². The molecule has 0 heterocycles. The van der Waals surface area contributed by atoms with Gasteiger partial charge in [-0.2, -0.15) is 0 Å². The first-order chi connectivity index (χ1) is 7.47. The number of hydrogen-bond acceptors (Lipinski definition) is 4. The van der Waals surface area contributed by atoms with Gasteiger partial charge in [0.15, 0.2) is 5.75 Å². The Morgan fingerprint density at radius 3 is 2.59 bits per heavy atom. The Bertz CT molecular complexity index is 398. The van der Waals surface area contributed by atoms with E-state index >= 15 is 0 Å². The lowest BCUT2D eigenvalue weighted by molar-refractivity contribution is -0.385. The predicted octanol–water partition coefficient (Wildman–Crippen LogP) is 2.77. The third-order valence-electron chi connectivity index (χ3n) is 2.84. The van der Waals surface area contributed by atoms with Crippen molar-refractivity contribution in [3.8, 4) is 5.75 Å². The van der Waals surface area contributed by atoms with E-state index in [-0.39, 0.29) is 35.8 Å². The lowest BCUT2D eigenvalue weighted by Crippen LogP contribution is -2.18. The van der Waals surface area contributed by atoms with Crippen molar-refractivity contribution in [1.29, 1.82) is 0 Å². The number of rotatable bonds is 4. The zero-order chi connectivity index (χ0) is 12.3. The Kier molecular flexibility index (Phi) is 5.91. The topological polar surface area (TPSA) is 89.4 Å². The minimum Gasteiger partial charge on any atom is -0.502 e. The van der Waals surface area contributed by atoms with Crippen LogP contribution >= 0.6 is 12.4 Å². The number of halogens is 1. The summed E-state index contributed by atoms with van der Waals surface area (Å²) in [4.78, 5) is 10.0. The van der Waals surface area contributed by atoms with E-state index in [0.717, 1.165) is 6.42 Å². The highest BCUT2D eigenvalue weighted by molar-refractivity contribution is 5.85. The molecule has 0 amide bonds. The van der Waals surface area contributed by atoms with Crippen molar-refractivity contribution in [1.82, 2.24) is 0 Å². The largest absolute Gasteiger partial charge is 0.502 e. The van der Waals surface area contributed by atoms with Crippen LogP contribution in [0.1, 0.15) is 31.9 Å². The molecule has 0 spiro atoms. The average Bonchev–Trinajstić information content (AvgIpc) is 2.27. The molecule has 0 saturated carbocycles. The van der Waals surface area contributed by atoms with Gasteiger partial charge >= 0.3 is 5.69 Å². The fourth-order valence-electron chi connectivity index (χ4n) is 1.48. The van der Waals surface area contributed by atoms with Crippen LogP contribution in [0.3, 0.4) is 0 Å². The molecular weight excluding hydrogens is 244 g/mol. The monoisotopic (exact) mass is 260 g/mol. The third-order valence-corrected chi connectivity index (χ3v) is 2.84. The number of nitrogens with two attached hydrogens (primary N) is 1. The smallest absolute Gasteiger partial charge is 0.311 e. The average molecular weight is 261 g/mol. The number of hydrogen-bond donors (Lipinski definition) is 2. The number of phenols is 1. The Balaban J connectivity index is 0.00000256. The van der Waals surface area contributed by atoms with Crippen molar-refractivity contribution in [2.24, 2.45) is 11.7 Å². The van der Waals surface area contributed by atoms with Crippen molar-refractivity contribution in [2.45, 2.75) is 26.3 Å². The minimum absolute atomic E-state index is 0. The maximum atomic E-state index is 10.6. The Hall–Kier alpha value is -1.33. The lowest BCUT2D eigenvalue weighted by atomic mass is 9.93. The molecule has 1 aromatic carbocycles. The van der Waals surface area contributed by atoms with E-state index in [9.17, 15) is 15.2 Å². The SMILES string of the molecule is CCC(C)[C@@H](N)c1ccc(O)c([N+](=O)[O-])c1.Cl. The molecule has 0 fully saturated rings. The molecule has 5 nitrogen and oxygen atoms in total.